The number of benzene rings is 2. The van der Waals surface area contributed by atoms with E-state index in [1.165, 1.54) is 0 Å². The van der Waals surface area contributed by atoms with Crippen LogP contribution in [-0.2, 0) is 0 Å². The highest BCUT2D eigenvalue weighted by Crippen LogP contribution is 2.38. The predicted molar refractivity (Wildman–Crippen MR) is 114 cm³/mol. The number of rotatable bonds is 9. The van der Waals surface area contributed by atoms with Gasteiger partial charge < -0.3 is 14.5 Å². The molecule has 3 aromatic rings. The fourth-order valence-corrected chi connectivity index (χ4v) is 3.39. The lowest BCUT2D eigenvalue weighted by Crippen LogP contribution is -1.97. The van der Waals surface area contributed by atoms with Crippen molar-refractivity contribution in [3.8, 4) is 22.8 Å². The highest BCUT2D eigenvalue weighted by Gasteiger charge is 2.14. The molecule has 0 saturated carbocycles. The first-order valence-corrected chi connectivity index (χ1v) is 10.2. The summed E-state index contributed by atoms with van der Waals surface area (Å²) in [6, 6.07) is 12.2. The zero-order valence-electron chi connectivity index (χ0n) is 16.4. The second kappa shape index (κ2) is 9.18. The molecule has 27 heavy (non-hydrogen) atoms. The van der Waals surface area contributed by atoms with Crippen molar-refractivity contribution < 1.29 is 9.47 Å². The molecule has 0 unspecified atom stereocenters. The minimum Gasteiger partial charge on any atom is -0.494 e. The van der Waals surface area contributed by atoms with Gasteiger partial charge in [-0.1, -0.05) is 38.3 Å². The van der Waals surface area contributed by atoms with Crippen molar-refractivity contribution in [2.75, 3.05) is 13.2 Å². The molecule has 3 nitrogen and oxygen atoms in total. The Hall–Kier alpha value is -2.13. The molecule has 1 heterocycles. The van der Waals surface area contributed by atoms with E-state index in [0.29, 0.717) is 0 Å². The highest BCUT2D eigenvalue weighted by molar-refractivity contribution is 6.38. The van der Waals surface area contributed by atoms with Crippen LogP contribution in [0.2, 0.25) is 5.02 Å². The molecule has 4 heteroatoms. The number of halogens is 1. The van der Waals surface area contributed by atoms with E-state index in [-0.39, 0.29) is 0 Å². The second-order valence-electron chi connectivity index (χ2n) is 6.90. The summed E-state index contributed by atoms with van der Waals surface area (Å²) in [6.07, 6.45) is 4.37. The average molecular weight is 386 g/mol. The molecule has 0 aliphatic rings. The van der Waals surface area contributed by atoms with Crippen LogP contribution in [0.25, 0.3) is 22.2 Å². The number of unbranched alkanes of at least 4 members (excludes halogenated alkanes) is 2. The van der Waals surface area contributed by atoms with Crippen molar-refractivity contribution in [1.82, 2.24) is 4.98 Å². The summed E-state index contributed by atoms with van der Waals surface area (Å²) in [6.45, 7) is 7.89. The Morgan fingerprint density at radius 2 is 1.52 bits per heavy atom. The zero-order valence-corrected chi connectivity index (χ0v) is 17.2. The van der Waals surface area contributed by atoms with Gasteiger partial charge in [0.2, 0.25) is 0 Å². The molecule has 0 saturated heterocycles. The molecule has 0 aliphatic heterocycles. The normalized spacial score (nSPS) is 11.1. The molecule has 0 amide bonds. The fourth-order valence-electron chi connectivity index (χ4n) is 3.09. The van der Waals surface area contributed by atoms with Gasteiger partial charge in [-0.15, -0.1) is 0 Å². The Bertz CT molecular complexity index is 901. The molecule has 3 rings (SSSR count). The summed E-state index contributed by atoms with van der Waals surface area (Å²) in [4.78, 5) is 3.46. The minimum atomic E-state index is 0.730. The molecule has 0 radical (unpaired) electrons. The van der Waals surface area contributed by atoms with E-state index in [4.69, 9.17) is 21.1 Å². The van der Waals surface area contributed by atoms with Gasteiger partial charge in [0.05, 0.1) is 23.9 Å². The lowest BCUT2D eigenvalue weighted by molar-refractivity contribution is 0.309. The third-order valence-electron chi connectivity index (χ3n) is 4.71. The molecular formula is C23H28ClNO2. The van der Waals surface area contributed by atoms with E-state index < -0.39 is 0 Å². The van der Waals surface area contributed by atoms with E-state index in [1.807, 2.05) is 24.3 Å². The number of ether oxygens (including phenoxy) is 2. The highest BCUT2D eigenvalue weighted by atomic mass is 35.5. The third kappa shape index (κ3) is 4.59. The van der Waals surface area contributed by atoms with Crippen molar-refractivity contribution in [3.63, 3.8) is 0 Å². The Morgan fingerprint density at radius 1 is 0.889 bits per heavy atom. The van der Waals surface area contributed by atoms with Crippen molar-refractivity contribution in [2.45, 2.75) is 46.5 Å². The first-order valence-electron chi connectivity index (χ1n) is 9.81. The van der Waals surface area contributed by atoms with Crippen LogP contribution in [0.1, 0.15) is 45.1 Å². The number of hydrogen-bond donors (Lipinski definition) is 1. The molecule has 0 bridgehead atoms. The number of H-pyrrole nitrogens is 1. The smallest absolute Gasteiger partial charge is 0.120 e. The van der Waals surface area contributed by atoms with Crippen molar-refractivity contribution >= 4 is 22.5 Å². The topological polar surface area (TPSA) is 34.2 Å². The van der Waals surface area contributed by atoms with Crippen LogP contribution >= 0.6 is 11.6 Å². The number of aromatic amines is 1. The van der Waals surface area contributed by atoms with E-state index in [2.05, 4.69) is 37.9 Å². The molecule has 1 N–H and O–H groups in total. The van der Waals surface area contributed by atoms with Crippen molar-refractivity contribution in [1.29, 1.82) is 0 Å². The summed E-state index contributed by atoms with van der Waals surface area (Å²) >= 11 is 6.72. The molecule has 0 fully saturated rings. The first-order chi connectivity index (χ1) is 13.1. The first kappa shape index (κ1) is 19.6. The lowest BCUT2D eigenvalue weighted by Gasteiger charge is -2.09. The Morgan fingerprint density at radius 3 is 2.15 bits per heavy atom. The number of hydrogen-bond acceptors (Lipinski definition) is 2. The molecule has 0 aliphatic carbocycles. The van der Waals surface area contributed by atoms with Gasteiger partial charge in [-0.2, -0.15) is 0 Å². The van der Waals surface area contributed by atoms with E-state index in [1.54, 1.807) is 0 Å². The Balaban J connectivity index is 1.86. The monoisotopic (exact) mass is 385 g/mol. The van der Waals surface area contributed by atoms with E-state index in [9.17, 15) is 0 Å². The van der Waals surface area contributed by atoms with Gasteiger partial charge >= 0.3 is 0 Å². The summed E-state index contributed by atoms with van der Waals surface area (Å²) in [5.74, 6) is 1.77. The van der Waals surface area contributed by atoms with Gasteiger partial charge in [0, 0.05) is 16.5 Å². The Labute approximate surface area is 166 Å². The van der Waals surface area contributed by atoms with Gasteiger partial charge in [-0.05, 0) is 61.7 Å². The molecular weight excluding hydrogens is 358 g/mol. The van der Waals surface area contributed by atoms with Crippen molar-refractivity contribution in [3.05, 3.63) is 47.0 Å². The molecule has 2 aromatic carbocycles. The predicted octanol–water partition coefficient (Wildman–Crippen LogP) is 7.15. The summed E-state index contributed by atoms with van der Waals surface area (Å²) in [5.41, 5.74) is 4.18. The van der Waals surface area contributed by atoms with Crippen LogP contribution < -0.4 is 9.47 Å². The van der Waals surface area contributed by atoms with Crippen LogP contribution in [-0.4, -0.2) is 18.2 Å². The number of aryl methyl sites for hydroxylation is 1. The number of aromatic nitrogens is 1. The summed E-state index contributed by atoms with van der Waals surface area (Å²) in [7, 11) is 0. The van der Waals surface area contributed by atoms with Crippen LogP contribution in [0.5, 0.6) is 11.5 Å². The molecule has 0 atom stereocenters. The molecule has 0 spiro atoms. The maximum Gasteiger partial charge on any atom is 0.120 e. The van der Waals surface area contributed by atoms with Crippen LogP contribution in [0, 0.1) is 6.92 Å². The maximum atomic E-state index is 6.72. The Kier molecular flexibility index (Phi) is 6.68. The zero-order chi connectivity index (χ0) is 19.2. The van der Waals surface area contributed by atoms with Gasteiger partial charge in [0.15, 0.2) is 0 Å². The number of fused-ring (bicyclic) bond motifs is 1. The van der Waals surface area contributed by atoms with Gasteiger partial charge in [-0.3, -0.25) is 0 Å². The maximum absolute atomic E-state index is 6.72. The lowest BCUT2D eigenvalue weighted by atomic mass is 10.1. The van der Waals surface area contributed by atoms with Crippen LogP contribution in [0.3, 0.4) is 0 Å². The quantitative estimate of drug-likeness (QED) is 0.396. The minimum absolute atomic E-state index is 0.730. The van der Waals surface area contributed by atoms with E-state index in [0.717, 1.165) is 83.1 Å². The van der Waals surface area contributed by atoms with Gasteiger partial charge in [0.1, 0.15) is 11.5 Å². The molecule has 1 aromatic heterocycles. The van der Waals surface area contributed by atoms with E-state index >= 15 is 0 Å². The number of nitrogens with one attached hydrogen (secondary N) is 1. The third-order valence-corrected chi connectivity index (χ3v) is 5.10. The van der Waals surface area contributed by atoms with Gasteiger partial charge in [-0.25, -0.2) is 0 Å². The SMILES string of the molecule is CCCCOc1ccc(-c2[nH]c3ccc(OCCCC)cc3c2Cl)c(C)c1. The fraction of sp³-hybridized carbons (Fsp3) is 0.391. The molecule has 144 valence electrons. The summed E-state index contributed by atoms with van der Waals surface area (Å²) < 4.78 is 11.6. The van der Waals surface area contributed by atoms with Crippen molar-refractivity contribution in [2.24, 2.45) is 0 Å². The largest absolute Gasteiger partial charge is 0.494 e. The van der Waals surface area contributed by atoms with Gasteiger partial charge in [0.25, 0.3) is 0 Å². The average Bonchev–Trinajstić information content (AvgIpc) is 2.99. The second-order valence-corrected chi connectivity index (χ2v) is 7.28. The standard InChI is InChI=1S/C23H28ClNO2/c1-4-6-12-26-17-8-10-19(16(3)14-17)23-22(24)20-15-18(27-13-7-5-2)9-11-21(20)25-23/h8-11,14-15,25H,4-7,12-13H2,1-3H3. The summed E-state index contributed by atoms with van der Waals surface area (Å²) in [5, 5.41) is 1.72. The van der Waals surface area contributed by atoms with Crippen LogP contribution in [0.15, 0.2) is 36.4 Å². The van der Waals surface area contributed by atoms with Crippen LogP contribution in [0.4, 0.5) is 0 Å².